The summed E-state index contributed by atoms with van der Waals surface area (Å²) in [6.45, 7) is 0. The molecule has 94 valence electrons. The van der Waals surface area contributed by atoms with E-state index in [0.29, 0.717) is 6.42 Å². The molecule has 0 atom stereocenters. The van der Waals surface area contributed by atoms with Gasteiger partial charge in [0.25, 0.3) is 0 Å². The average Bonchev–Trinajstić information content (AvgIpc) is 2.49. The van der Waals surface area contributed by atoms with Crippen molar-refractivity contribution in [2.24, 2.45) is 0 Å². The summed E-state index contributed by atoms with van der Waals surface area (Å²) >= 11 is 0. The van der Waals surface area contributed by atoms with Gasteiger partial charge >= 0.3 is 0 Å². The van der Waals surface area contributed by atoms with Crippen molar-refractivity contribution in [3.63, 3.8) is 0 Å². The zero-order chi connectivity index (χ0) is 13.1. The van der Waals surface area contributed by atoms with Crippen molar-refractivity contribution in [1.29, 1.82) is 0 Å². The highest BCUT2D eigenvalue weighted by Crippen LogP contribution is 2.26. The number of aromatic nitrogens is 1. The summed E-state index contributed by atoms with van der Waals surface area (Å²) in [5.41, 5.74) is 9.45. The Hall–Kier alpha value is -2.62. The van der Waals surface area contributed by atoms with Crippen molar-refractivity contribution in [1.82, 2.24) is 15.8 Å². The predicted molar refractivity (Wildman–Crippen MR) is 73.5 cm³/mol. The molecule has 4 heteroatoms. The van der Waals surface area contributed by atoms with E-state index < -0.39 is 0 Å². The standard InChI is InChI=1S/C15H13N3O/c19-15-9-8-14(17-18-15)12-6-2-1-5-11(12)13-7-3-4-10-16-13/h1-8,10,17H,9H2,(H,18,19). The van der Waals surface area contributed by atoms with Crippen molar-refractivity contribution < 1.29 is 4.79 Å². The molecule has 0 saturated heterocycles. The molecule has 4 nitrogen and oxygen atoms in total. The van der Waals surface area contributed by atoms with E-state index >= 15 is 0 Å². The summed E-state index contributed by atoms with van der Waals surface area (Å²) in [5.74, 6) is -0.0286. The van der Waals surface area contributed by atoms with Crippen LogP contribution in [0.4, 0.5) is 0 Å². The minimum atomic E-state index is -0.0286. The number of amides is 1. The first-order valence-electron chi connectivity index (χ1n) is 6.10. The lowest BCUT2D eigenvalue weighted by Crippen LogP contribution is -2.38. The molecule has 1 aromatic carbocycles. The van der Waals surface area contributed by atoms with E-state index in [1.807, 2.05) is 48.5 Å². The van der Waals surface area contributed by atoms with Gasteiger partial charge in [-0.05, 0) is 18.2 Å². The third kappa shape index (κ3) is 2.33. The highest BCUT2D eigenvalue weighted by atomic mass is 16.2. The monoisotopic (exact) mass is 251 g/mol. The van der Waals surface area contributed by atoms with Crippen LogP contribution in [0.15, 0.2) is 54.7 Å². The fourth-order valence-corrected chi connectivity index (χ4v) is 2.07. The Morgan fingerprint density at radius 2 is 1.74 bits per heavy atom. The fourth-order valence-electron chi connectivity index (χ4n) is 2.07. The molecule has 0 aliphatic carbocycles. The summed E-state index contributed by atoms with van der Waals surface area (Å²) < 4.78 is 0. The maximum absolute atomic E-state index is 11.2. The van der Waals surface area contributed by atoms with Crippen LogP contribution in [0.1, 0.15) is 12.0 Å². The molecular weight excluding hydrogens is 238 g/mol. The van der Waals surface area contributed by atoms with E-state index in [1.165, 1.54) is 0 Å². The van der Waals surface area contributed by atoms with Gasteiger partial charge in [0.15, 0.2) is 0 Å². The van der Waals surface area contributed by atoms with E-state index in [2.05, 4.69) is 15.8 Å². The number of nitrogens with zero attached hydrogens (tertiary/aromatic N) is 1. The highest BCUT2D eigenvalue weighted by Gasteiger charge is 2.14. The van der Waals surface area contributed by atoms with Crippen LogP contribution < -0.4 is 10.9 Å². The van der Waals surface area contributed by atoms with Gasteiger partial charge in [-0.15, -0.1) is 0 Å². The minimum Gasteiger partial charge on any atom is -0.298 e. The Kier molecular flexibility index (Phi) is 2.98. The first kappa shape index (κ1) is 11.5. The summed E-state index contributed by atoms with van der Waals surface area (Å²) in [7, 11) is 0. The minimum absolute atomic E-state index is 0.0286. The molecule has 0 fully saturated rings. The maximum atomic E-state index is 11.2. The summed E-state index contributed by atoms with van der Waals surface area (Å²) in [4.78, 5) is 15.5. The van der Waals surface area contributed by atoms with Gasteiger partial charge in [-0.3, -0.25) is 20.6 Å². The SMILES string of the molecule is O=C1CC=C(c2ccccc2-c2ccccn2)NN1. The zero-order valence-corrected chi connectivity index (χ0v) is 10.3. The van der Waals surface area contributed by atoms with Gasteiger partial charge in [-0.25, -0.2) is 0 Å². The van der Waals surface area contributed by atoms with Gasteiger partial charge in [0.2, 0.25) is 5.91 Å². The largest absolute Gasteiger partial charge is 0.298 e. The number of carbonyl (C=O) groups excluding carboxylic acids is 1. The van der Waals surface area contributed by atoms with E-state index in [-0.39, 0.29) is 5.91 Å². The lowest BCUT2D eigenvalue weighted by atomic mass is 10.0. The maximum Gasteiger partial charge on any atom is 0.242 e. The number of rotatable bonds is 2. The third-order valence-electron chi connectivity index (χ3n) is 2.99. The fraction of sp³-hybridized carbons (Fsp3) is 0.0667. The van der Waals surface area contributed by atoms with Gasteiger partial charge in [0.05, 0.1) is 11.4 Å². The molecule has 1 amide bonds. The Balaban J connectivity index is 2.06. The van der Waals surface area contributed by atoms with Crippen LogP contribution >= 0.6 is 0 Å². The number of nitrogens with one attached hydrogen (secondary N) is 2. The van der Waals surface area contributed by atoms with E-state index in [4.69, 9.17) is 0 Å². The van der Waals surface area contributed by atoms with Crippen molar-refractivity contribution in [3.8, 4) is 11.3 Å². The Morgan fingerprint density at radius 1 is 0.947 bits per heavy atom. The molecule has 0 saturated carbocycles. The number of hydrogen-bond acceptors (Lipinski definition) is 3. The molecule has 19 heavy (non-hydrogen) atoms. The molecular formula is C15H13N3O. The lowest BCUT2D eigenvalue weighted by Gasteiger charge is -2.19. The van der Waals surface area contributed by atoms with Crippen LogP contribution in [0.25, 0.3) is 17.0 Å². The van der Waals surface area contributed by atoms with E-state index in [9.17, 15) is 4.79 Å². The number of hydrogen-bond donors (Lipinski definition) is 2. The average molecular weight is 251 g/mol. The zero-order valence-electron chi connectivity index (χ0n) is 10.3. The number of benzene rings is 1. The number of carbonyl (C=O) groups is 1. The predicted octanol–water partition coefficient (Wildman–Crippen LogP) is 2.11. The Bertz CT molecular complexity index is 635. The number of hydrazine groups is 1. The van der Waals surface area contributed by atoms with Crippen molar-refractivity contribution in [3.05, 3.63) is 60.3 Å². The van der Waals surface area contributed by atoms with Crippen molar-refractivity contribution in [2.75, 3.05) is 0 Å². The molecule has 1 aliphatic heterocycles. The highest BCUT2D eigenvalue weighted by molar-refractivity contribution is 5.86. The Labute approximate surface area is 111 Å². The van der Waals surface area contributed by atoms with Crippen LogP contribution in [-0.4, -0.2) is 10.9 Å². The topological polar surface area (TPSA) is 54.0 Å². The quantitative estimate of drug-likeness (QED) is 0.859. The molecule has 0 unspecified atom stereocenters. The third-order valence-corrected chi connectivity index (χ3v) is 2.99. The van der Waals surface area contributed by atoms with Crippen LogP contribution in [-0.2, 0) is 4.79 Å². The normalized spacial score (nSPS) is 14.3. The van der Waals surface area contributed by atoms with E-state index in [1.54, 1.807) is 6.20 Å². The van der Waals surface area contributed by atoms with Gasteiger partial charge < -0.3 is 0 Å². The summed E-state index contributed by atoms with van der Waals surface area (Å²) in [5, 5.41) is 0. The molecule has 3 rings (SSSR count). The first-order chi connectivity index (χ1) is 9.34. The molecule has 2 aromatic rings. The first-order valence-corrected chi connectivity index (χ1v) is 6.10. The molecule has 2 heterocycles. The molecule has 0 bridgehead atoms. The molecule has 2 N–H and O–H groups in total. The van der Waals surface area contributed by atoms with Crippen LogP contribution in [0, 0.1) is 0 Å². The van der Waals surface area contributed by atoms with Crippen molar-refractivity contribution >= 4 is 11.6 Å². The molecule has 1 aliphatic rings. The van der Waals surface area contributed by atoms with Crippen LogP contribution in [0.3, 0.4) is 0 Å². The second-order valence-corrected chi connectivity index (χ2v) is 4.26. The second-order valence-electron chi connectivity index (χ2n) is 4.26. The number of pyridine rings is 1. The smallest absolute Gasteiger partial charge is 0.242 e. The van der Waals surface area contributed by atoms with Gasteiger partial charge in [-0.1, -0.05) is 30.3 Å². The molecule has 1 aromatic heterocycles. The van der Waals surface area contributed by atoms with Crippen LogP contribution in [0.2, 0.25) is 0 Å². The van der Waals surface area contributed by atoms with E-state index in [0.717, 1.165) is 22.5 Å². The lowest BCUT2D eigenvalue weighted by molar-refractivity contribution is -0.121. The second kappa shape index (κ2) is 4.94. The molecule has 0 radical (unpaired) electrons. The van der Waals surface area contributed by atoms with Gasteiger partial charge in [0.1, 0.15) is 0 Å². The molecule has 0 spiro atoms. The van der Waals surface area contributed by atoms with Gasteiger partial charge in [0, 0.05) is 23.7 Å². The van der Waals surface area contributed by atoms with Gasteiger partial charge in [-0.2, -0.15) is 0 Å². The summed E-state index contributed by atoms with van der Waals surface area (Å²) in [6, 6.07) is 13.8. The van der Waals surface area contributed by atoms with Crippen LogP contribution in [0.5, 0.6) is 0 Å². The van der Waals surface area contributed by atoms with Crippen molar-refractivity contribution in [2.45, 2.75) is 6.42 Å². The Morgan fingerprint density at radius 3 is 2.42 bits per heavy atom. The summed E-state index contributed by atoms with van der Waals surface area (Å²) in [6.07, 6.45) is 4.05.